The third kappa shape index (κ3) is 2.80. The van der Waals surface area contributed by atoms with E-state index in [9.17, 15) is 0 Å². The number of hydrogen-bond acceptors (Lipinski definition) is 5. The standard InChI is InChI=1S/C10H9IN4O/c11-7-2-1-3-8(4-7)16-9-5-13-10(15-12)14-6-9/h1-6H,12H2,(H,13,14,15). The van der Waals surface area contributed by atoms with Crippen LogP contribution >= 0.6 is 22.6 Å². The predicted octanol–water partition coefficient (Wildman–Crippen LogP) is 2.16. The Hall–Kier alpha value is -1.41. The van der Waals surface area contributed by atoms with Crippen molar-refractivity contribution >= 4 is 28.5 Å². The molecule has 5 nitrogen and oxygen atoms in total. The molecule has 0 amide bonds. The van der Waals surface area contributed by atoms with Crippen LogP contribution in [0.1, 0.15) is 0 Å². The summed E-state index contributed by atoms with van der Waals surface area (Å²) in [4.78, 5) is 7.88. The first kappa shape index (κ1) is 11.1. The summed E-state index contributed by atoms with van der Waals surface area (Å²) in [5, 5.41) is 0. The van der Waals surface area contributed by atoms with Gasteiger partial charge in [0.1, 0.15) is 5.75 Å². The molecule has 1 heterocycles. The summed E-state index contributed by atoms with van der Waals surface area (Å²) in [6, 6.07) is 7.71. The fraction of sp³-hybridized carbons (Fsp3) is 0. The lowest BCUT2D eigenvalue weighted by Crippen LogP contribution is -2.09. The number of halogens is 1. The van der Waals surface area contributed by atoms with Crippen LogP contribution in [-0.4, -0.2) is 9.97 Å². The molecule has 1 aromatic carbocycles. The van der Waals surface area contributed by atoms with Crippen molar-refractivity contribution in [2.45, 2.75) is 0 Å². The molecule has 0 aliphatic rings. The number of nitrogens with two attached hydrogens (primary N) is 1. The number of aromatic nitrogens is 2. The van der Waals surface area contributed by atoms with Gasteiger partial charge in [-0.15, -0.1) is 0 Å². The number of nitrogen functional groups attached to an aromatic ring is 1. The Bertz CT molecular complexity index is 475. The first-order valence-electron chi connectivity index (χ1n) is 4.50. The Labute approximate surface area is 106 Å². The van der Waals surface area contributed by atoms with Gasteiger partial charge in [0.25, 0.3) is 0 Å². The van der Waals surface area contributed by atoms with Crippen molar-refractivity contribution in [2.24, 2.45) is 5.84 Å². The van der Waals surface area contributed by atoms with Crippen LogP contribution in [0.2, 0.25) is 0 Å². The monoisotopic (exact) mass is 328 g/mol. The molecule has 2 aromatic rings. The number of benzene rings is 1. The van der Waals surface area contributed by atoms with E-state index in [2.05, 4.69) is 38.0 Å². The average molecular weight is 328 g/mol. The lowest BCUT2D eigenvalue weighted by Gasteiger charge is -2.05. The molecule has 3 N–H and O–H groups in total. The highest BCUT2D eigenvalue weighted by molar-refractivity contribution is 14.1. The van der Waals surface area contributed by atoms with E-state index in [-0.39, 0.29) is 0 Å². The van der Waals surface area contributed by atoms with Gasteiger partial charge in [-0.1, -0.05) is 6.07 Å². The van der Waals surface area contributed by atoms with Crippen LogP contribution in [0.4, 0.5) is 5.95 Å². The quantitative estimate of drug-likeness (QED) is 0.513. The van der Waals surface area contributed by atoms with E-state index in [1.165, 1.54) is 0 Å². The number of ether oxygens (including phenoxy) is 1. The molecular formula is C10H9IN4O. The molecule has 0 aliphatic carbocycles. The molecule has 0 saturated carbocycles. The number of hydrogen-bond donors (Lipinski definition) is 2. The minimum atomic E-state index is 0.356. The van der Waals surface area contributed by atoms with Gasteiger partial charge in [-0.3, -0.25) is 5.43 Å². The molecule has 6 heteroatoms. The van der Waals surface area contributed by atoms with Crippen molar-refractivity contribution < 1.29 is 4.74 Å². The van der Waals surface area contributed by atoms with Crippen LogP contribution in [0.15, 0.2) is 36.7 Å². The molecule has 1 aromatic heterocycles. The van der Waals surface area contributed by atoms with Crippen LogP contribution in [0, 0.1) is 3.57 Å². The van der Waals surface area contributed by atoms with E-state index < -0.39 is 0 Å². The van der Waals surface area contributed by atoms with Gasteiger partial charge in [0, 0.05) is 3.57 Å². The average Bonchev–Trinajstić information content (AvgIpc) is 2.30. The lowest BCUT2D eigenvalue weighted by atomic mass is 10.3. The molecule has 0 radical (unpaired) electrons. The van der Waals surface area contributed by atoms with Gasteiger partial charge in [-0.25, -0.2) is 15.8 Å². The second-order valence-electron chi connectivity index (χ2n) is 2.95. The number of hydrazine groups is 1. The van der Waals surface area contributed by atoms with Crippen molar-refractivity contribution in [3.8, 4) is 11.5 Å². The number of anilines is 1. The summed E-state index contributed by atoms with van der Waals surface area (Å²) in [6.45, 7) is 0. The van der Waals surface area contributed by atoms with Gasteiger partial charge in [0.2, 0.25) is 5.95 Å². The summed E-state index contributed by atoms with van der Waals surface area (Å²) in [6.07, 6.45) is 3.12. The van der Waals surface area contributed by atoms with Gasteiger partial charge in [0.15, 0.2) is 5.75 Å². The van der Waals surface area contributed by atoms with Crippen molar-refractivity contribution in [2.75, 3.05) is 5.43 Å². The second-order valence-corrected chi connectivity index (χ2v) is 4.19. The smallest absolute Gasteiger partial charge is 0.237 e. The lowest BCUT2D eigenvalue weighted by molar-refractivity contribution is 0.477. The van der Waals surface area contributed by atoms with Crippen LogP contribution in [0.25, 0.3) is 0 Å². The Morgan fingerprint density at radius 2 is 1.94 bits per heavy atom. The molecular weight excluding hydrogens is 319 g/mol. The highest BCUT2D eigenvalue weighted by Crippen LogP contribution is 2.21. The Morgan fingerprint density at radius 1 is 1.19 bits per heavy atom. The molecule has 0 fully saturated rings. The van der Waals surface area contributed by atoms with E-state index in [1.54, 1.807) is 12.4 Å². The minimum Gasteiger partial charge on any atom is -0.454 e. The number of rotatable bonds is 3. The maximum Gasteiger partial charge on any atom is 0.237 e. The van der Waals surface area contributed by atoms with Crippen LogP contribution in [-0.2, 0) is 0 Å². The van der Waals surface area contributed by atoms with Gasteiger partial charge < -0.3 is 4.74 Å². The minimum absolute atomic E-state index is 0.356. The SMILES string of the molecule is NNc1ncc(Oc2cccc(I)c2)cn1. The van der Waals surface area contributed by atoms with Crippen molar-refractivity contribution in [1.29, 1.82) is 0 Å². The Kier molecular flexibility index (Phi) is 3.52. The predicted molar refractivity (Wildman–Crippen MR) is 69.1 cm³/mol. The highest BCUT2D eigenvalue weighted by Gasteiger charge is 1.99. The molecule has 82 valence electrons. The zero-order valence-electron chi connectivity index (χ0n) is 8.22. The zero-order valence-corrected chi connectivity index (χ0v) is 10.4. The van der Waals surface area contributed by atoms with Gasteiger partial charge >= 0.3 is 0 Å². The molecule has 0 unspecified atom stereocenters. The largest absolute Gasteiger partial charge is 0.454 e. The maximum atomic E-state index is 5.56. The Balaban J connectivity index is 2.14. The van der Waals surface area contributed by atoms with Gasteiger partial charge in [0.05, 0.1) is 12.4 Å². The fourth-order valence-electron chi connectivity index (χ4n) is 1.11. The Morgan fingerprint density at radius 3 is 2.56 bits per heavy atom. The molecule has 0 saturated heterocycles. The second kappa shape index (κ2) is 5.08. The first-order valence-corrected chi connectivity index (χ1v) is 5.58. The van der Waals surface area contributed by atoms with Crippen LogP contribution < -0.4 is 16.0 Å². The first-order chi connectivity index (χ1) is 7.78. The molecule has 16 heavy (non-hydrogen) atoms. The van der Waals surface area contributed by atoms with E-state index in [0.717, 1.165) is 9.32 Å². The maximum absolute atomic E-state index is 5.56. The van der Waals surface area contributed by atoms with Gasteiger partial charge in [-0.2, -0.15) is 0 Å². The van der Waals surface area contributed by atoms with Crippen molar-refractivity contribution in [1.82, 2.24) is 9.97 Å². The van der Waals surface area contributed by atoms with E-state index in [1.807, 2.05) is 24.3 Å². The number of nitrogens with one attached hydrogen (secondary N) is 1. The normalized spacial score (nSPS) is 9.88. The molecule has 0 bridgehead atoms. The molecule has 0 aliphatic heterocycles. The van der Waals surface area contributed by atoms with Crippen molar-refractivity contribution in [3.05, 3.63) is 40.2 Å². The topological polar surface area (TPSA) is 73.1 Å². The molecule has 2 rings (SSSR count). The van der Waals surface area contributed by atoms with E-state index >= 15 is 0 Å². The summed E-state index contributed by atoms with van der Waals surface area (Å²) < 4.78 is 6.67. The summed E-state index contributed by atoms with van der Waals surface area (Å²) in [7, 11) is 0. The van der Waals surface area contributed by atoms with E-state index in [4.69, 9.17) is 10.6 Å². The summed E-state index contributed by atoms with van der Waals surface area (Å²) in [5.41, 5.74) is 2.35. The third-order valence-electron chi connectivity index (χ3n) is 1.79. The van der Waals surface area contributed by atoms with Gasteiger partial charge in [-0.05, 0) is 40.8 Å². The zero-order chi connectivity index (χ0) is 11.4. The fourth-order valence-corrected chi connectivity index (χ4v) is 1.62. The molecule has 0 spiro atoms. The molecule has 0 atom stereocenters. The van der Waals surface area contributed by atoms with Crippen molar-refractivity contribution in [3.63, 3.8) is 0 Å². The highest BCUT2D eigenvalue weighted by atomic mass is 127. The van der Waals surface area contributed by atoms with Crippen LogP contribution in [0.5, 0.6) is 11.5 Å². The van der Waals surface area contributed by atoms with Crippen LogP contribution in [0.3, 0.4) is 0 Å². The third-order valence-corrected chi connectivity index (χ3v) is 2.46. The van der Waals surface area contributed by atoms with E-state index in [0.29, 0.717) is 11.7 Å². The number of nitrogens with zero attached hydrogens (tertiary/aromatic N) is 2. The summed E-state index contributed by atoms with van der Waals surface area (Å²) >= 11 is 2.22. The summed E-state index contributed by atoms with van der Waals surface area (Å²) in [5.74, 6) is 6.84.